The molecule has 1 aliphatic carbocycles. The van der Waals surface area contributed by atoms with Crippen molar-refractivity contribution in [2.24, 2.45) is 5.92 Å². The Hall–Kier alpha value is -2.63. The Morgan fingerprint density at radius 3 is 2.48 bits per heavy atom. The van der Waals surface area contributed by atoms with Crippen LogP contribution >= 0.6 is 0 Å². The maximum Gasteiger partial charge on any atom is 0.229 e. The summed E-state index contributed by atoms with van der Waals surface area (Å²) in [5.41, 5.74) is 3.27. The molecule has 5 rings (SSSR count). The third-order valence-corrected chi connectivity index (χ3v) is 7.05. The molecule has 2 aliphatic rings. The number of rotatable bonds is 6. The quantitative estimate of drug-likeness (QED) is 0.525. The van der Waals surface area contributed by atoms with Crippen molar-refractivity contribution in [3.63, 3.8) is 0 Å². The van der Waals surface area contributed by atoms with Crippen molar-refractivity contribution in [3.8, 4) is 0 Å². The van der Waals surface area contributed by atoms with Gasteiger partial charge in [-0.25, -0.2) is 9.67 Å². The molecule has 0 atom stereocenters. The third kappa shape index (κ3) is 4.53. The first-order valence-electron chi connectivity index (χ1n) is 12.1. The predicted molar refractivity (Wildman–Crippen MR) is 127 cm³/mol. The van der Waals surface area contributed by atoms with Gasteiger partial charge >= 0.3 is 0 Å². The fraction of sp³-hybridized carbons (Fsp3) is 0.560. The Morgan fingerprint density at radius 1 is 0.968 bits per heavy atom. The maximum atomic E-state index is 4.81. The molecule has 164 valence electrons. The van der Waals surface area contributed by atoms with E-state index >= 15 is 0 Å². The number of benzene rings is 1. The molecule has 0 amide bonds. The van der Waals surface area contributed by atoms with Gasteiger partial charge in [0.15, 0.2) is 5.65 Å². The SMILES string of the molecule is CCCC1CCN(c2ccc(Nc3ncc4cnn(C5CCCCC5)c4n3)cc2)CC1. The molecule has 1 aromatic carbocycles. The smallest absolute Gasteiger partial charge is 0.229 e. The molecule has 0 bridgehead atoms. The van der Waals surface area contributed by atoms with Gasteiger partial charge in [-0.15, -0.1) is 0 Å². The molecule has 6 nitrogen and oxygen atoms in total. The highest BCUT2D eigenvalue weighted by Crippen LogP contribution is 2.30. The first-order valence-corrected chi connectivity index (χ1v) is 12.1. The lowest BCUT2D eigenvalue weighted by atomic mass is 9.92. The topological polar surface area (TPSA) is 58.9 Å². The average Bonchev–Trinajstić information content (AvgIpc) is 3.24. The lowest BCUT2D eigenvalue weighted by Crippen LogP contribution is -2.33. The van der Waals surface area contributed by atoms with Crippen molar-refractivity contribution >= 4 is 28.4 Å². The monoisotopic (exact) mass is 418 g/mol. The van der Waals surface area contributed by atoms with Gasteiger partial charge in [-0.3, -0.25) is 0 Å². The lowest BCUT2D eigenvalue weighted by molar-refractivity contribution is 0.336. The molecule has 1 N–H and O–H groups in total. The van der Waals surface area contributed by atoms with E-state index in [1.54, 1.807) is 0 Å². The van der Waals surface area contributed by atoms with E-state index in [0.29, 0.717) is 12.0 Å². The van der Waals surface area contributed by atoms with Crippen molar-refractivity contribution in [1.82, 2.24) is 19.7 Å². The predicted octanol–water partition coefficient (Wildman–Crippen LogP) is 6.09. The van der Waals surface area contributed by atoms with Crippen molar-refractivity contribution in [2.45, 2.75) is 70.8 Å². The lowest BCUT2D eigenvalue weighted by Gasteiger charge is -2.33. The molecule has 0 unspecified atom stereocenters. The first-order chi connectivity index (χ1) is 15.3. The summed E-state index contributed by atoms with van der Waals surface area (Å²) in [5, 5.41) is 9.03. The summed E-state index contributed by atoms with van der Waals surface area (Å²) in [6, 6.07) is 9.18. The van der Waals surface area contributed by atoms with Crippen molar-refractivity contribution in [3.05, 3.63) is 36.7 Å². The highest BCUT2D eigenvalue weighted by atomic mass is 15.3. The molecule has 1 aliphatic heterocycles. The summed E-state index contributed by atoms with van der Waals surface area (Å²) >= 11 is 0. The van der Waals surface area contributed by atoms with E-state index in [9.17, 15) is 0 Å². The van der Waals surface area contributed by atoms with Crippen LogP contribution in [0.1, 0.15) is 70.8 Å². The highest BCUT2D eigenvalue weighted by molar-refractivity contribution is 5.75. The highest BCUT2D eigenvalue weighted by Gasteiger charge is 2.20. The number of nitrogens with zero attached hydrogens (tertiary/aromatic N) is 5. The Kier molecular flexibility index (Phi) is 6.05. The van der Waals surface area contributed by atoms with Gasteiger partial charge in [0.1, 0.15) is 0 Å². The van der Waals surface area contributed by atoms with Gasteiger partial charge in [0.25, 0.3) is 0 Å². The Labute approximate surface area is 185 Å². The van der Waals surface area contributed by atoms with Crippen LogP contribution in [0, 0.1) is 5.92 Å². The Balaban J connectivity index is 1.26. The van der Waals surface area contributed by atoms with E-state index in [2.05, 4.69) is 56.2 Å². The zero-order valence-corrected chi connectivity index (χ0v) is 18.6. The molecular weight excluding hydrogens is 384 g/mol. The maximum absolute atomic E-state index is 4.81. The Morgan fingerprint density at radius 2 is 1.74 bits per heavy atom. The Bertz CT molecular complexity index is 981. The first kappa shape index (κ1) is 20.3. The van der Waals surface area contributed by atoms with Crippen molar-refractivity contribution < 1.29 is 0 Å². The normalized spacial score (nSPS) is 18.5. The third-order valence-electron chi connectivity index (χ3n) is 7.05. The van der Waals surface area contributed by atoms with Gasteiger partial charge in [0.2, 0.25) is 5.95 Å². The van der Waals surface area contributed by atoms with Crippen LogP contribution in [0.4, 0.5) is 17.3 Å². The van der Waals surface area contributed by atoms with Gasteiger partial charge in [-0.2, -0.15) is 10.1 Å². The van der Waals surface area contributed by atoms with Crippen molar-refractivity contribution in [1.29, 1.82) is 0 Å². The minimum Gasteiger partial charge on any atom is -0.372 e. The molecule has 1 saturated heterocycles. The zero-order chi connectivity index (χ0) is 21.0. The largest absolute Gasteiger partial charge is 0.372 e. The summed E-state index contributed by atoms with van der Waals surface area (Å²) in [4.78, 5) is 11.8. The van der Waals surface area contributed by atoms with Gasteiger partial charge in [-0.05, 0) is 55.9 Å². The van der Waals surface area contributed by atoms with Crippen LogP contribution in [0.25, 0.3) is 11.0 Å². The van der Waals surface area contributed by atoms with Crippen molar-refractivity contribution in [2.75, 3.05) is 23.3 Å². The molecule has 3 heterocycles. The van der Waals surface area contributed by atoms with E-state index < -0.39 is 0 Å². The van der Waals surface area contributed by atoms with Crippen LogP contribution in [0.15, 0.2) is 36.7 Å². The standard InChI is InChI=1S/C25H34N6/c1-2-6-19-13-15-30(16-14-19)22-11-9-21(10-12-22)28-25-26-17-20-18-27-31(24(20)29-25)23-7-4-3-5-8-23/h9-12,17-19,23H,2-8,13-16H2,1H3,(H,26,28,29). The summed E-state index contributed by atoms with van der Waals surface area (Å²) in [6.07, 6.45) is 15.4. The summed E-state index contributed by atoms with van der Waals surface area (Å²) in [5.74, 6) is 1.55. The molecule has 1 saturated carbocycles. The minimum absolute atomic E-state index is 0.467. The van der Waals surface area contributed by atoms with Crippen LogP contribution in [-0.4, -0.2) is 32.8 Å². The van der Waals surface area contributed by atoms with Gasteiger partial charge in [-0.1, -0.05) is 39.0 Å². The summed E-state index contributed by atoms with van der Waals surface area (Å²) < 4.78 is 2.12. The zero-order valence-electron chi connectivity index (χ0n) is 18.6. The minimum atomic E-state index is 0.467. The van der Waals surface area contributed by atoms with Gasteiger partial charge < -0.3 is 10.2 Å². The molecule has 3 aromatic rings. The fourth-order valence-electron chi connectivity index (χ4n) is 5.26. The molecule has 2 fully saturated rings. The van der Waals surface area contributed by atoms with Crippen LogP contribution in [0.2, 0.25) is 0 Å². The van der Waals surface area contributed by atoms with E-state index in [0.717, 1.165) is 22.6 Å². The van der Waals surface area contributed by atoms with Crippen LogP contribution in [0.3, 0.4) is 0 Å². The molecular formula is C25H34N6. The molecule has 0 radical (unpaired) electrons. The second kappa shape index (κ2) is 9.25. The number of hydrogen-bond donors (Lipinski definition) is 1. The number of piperidine rings is 1. The number of hydrogen-bond acceptors (Lipinski definition) is 5. The molecule has 2 aromatic heterocycles. The number of anilines is 3. The summed E-state index contributed by atoms with van der Waals surface area (Å²) in [7, 11) is 0. The van der Waals surface area contributed by atoms with E-state index in [4.69, 9.17) is 4.98 Å². The molecule has 31 heavy (non-hydrogen) atoms. The van der Waals surface area contributed by atoms with Crippen LogP contribution < -0.4 is 10.2 Å². The van der Waals surface area contributed by atoms with Crippen LogP contribution in [-0.2, 0) is 0 Å². The van der Waals surface area contributed by atoms with E-state index in [-0.39, 0.29) is 0 Å². The van der Waals surface area contributed by atoms with E-state index in [1.807, 2.05) is 12.4 Å². The number of nitrogens with one attached hydrogen (secondary N) is 1. The number of aromatic nitrogens is 4. The fourth-order valence-corrected chi connectivity index (χ4v) is 5.26. The van der Waals surface area contributed by atoms with Crippen LogP contribution in [0.5, 0.6) is 0 Å². The number of fused-ring (bicyclic) bond motifs is 1. The second-order valence-corrected chi connectivity index (χ2v) is 9.24. The van der Waals surface area contributed by atoms with E-state index in [1.165, 1.54) is 76.6 Å². The molecule has 6 heteroatoms. The van der Waals surface area contributed by atoms with Gasteiger partial charge in [0, 0.05) is 30.7 Å². The second-order valence-electron chi connectivity index (χ2n) is 9.24. The molecule has 0 spiro atoms. The van der Waals surface area contributed by atoms with Gasteiger partial charge in [0.05, 0.1) is 17.6 Å². The average molecular weight is 419 g/mol. The summed E-state index contributed by atoms with van der Waals surface area (Å²) in [6.45, 7) is 4.63.